The highest BCUT2D eigenvalue weighted by molar-refractivity contribution is 5.83. The van der Waals surface area contributed by atoms with Crippen molar-refractivity contribution in [1.29, 1.82) is 0 Å². The molecule has 44 heavy (non-hydrogen) atoms. The highest BCUT2D eigenvalue weighted by Crippen LogP contribution is 2.49. The molecule has 0 saturated carbocycles. The van der Waals surface area contributed by atoms with Crippen LogP contribution in [0.4, 0.5) is 0 Å². The first-order chi connectivity index (χ1) is 21.2. The van der Waals surface area contributed by atoms with Gasteiger partial charge in [-0.2, -0.15) is 0 Å². The molecule has 0 aromatic heterocycles. The van der Waals surface area contributed by atoms with Crippen LogP contribution in [-0.2, 0) is 17.3 Å². The standard InChI is InChI=1S/C27H26.C17H18/c1-4-5-8-20-11-13-21(14-12-20)15-16-22-17-18-24-23-9-6-7-10-25(23)27(2,3)26(24)19-22;1-4-12-9-10-16-14(11-12)13-7-5-6-8-15(13)17(16,2)3/h5-19H,4H2,1-3H3;5-11H,4H2,1-3H3/b8-5+,16-15+;. The van der Waals surface area contributed by atoms with Crippen molar-refractivity contribution in [2.24, 2.45) is 0 Å². The fraction of sp³-hybridized carbons (Fsp3) is 0.227. The van der Waals surface area contributed by atoms with Gasteiger partial charge in [-0.15, -0.1) is 0 Å². The summed E-state index contributed by atoms with van der Waals surface area (Å²) in [6, 6.07) is 40.1. The largest absolute Gasteiger partial charge is 0.0842 e. The Kier molecular flexibility index (Phi) is 8.04. The zero-order valence-corrected chi connectivity index (χ0v) is 27.1. The molecule has 5 aromatic rings. The average molecular weight is 573 g/mol. The fourth-order valence-corrected chi connectivity index (χ4v) is 6.98. The summed E-state index contributed by atoms with van der Waals surface area (Å²) in [5.74, 6) is 0. The van der Waals surface area contributed by atoms with Crippen molar-refractivity contribution in [3.63, 3.8) is 0 Å². The molecule has 7 rings (SSSR count). The first kappa shape index (κ1) is 29.6. The third-order valence-electron chi connectivity index (χ3n) is 9.61. The maximum absolute atomic E-state index is 2.36. The second-order valence-electron chi connectivity index (χ2n) is 13.2. The van der Waals surface area contributed by atoms with Gasteiger partial charge in [0.2, 0.25) is 0 Å². The average Bonchev–Trinajstić information content (AvgIpc) is 3.43. The van der Waals surface area contributed by atoms with E-state index < -0.39 is 0 Å². The van der Waals surface area contributed by atoms with E-state index in [4.69, 9.17) is 0 Å². The van der Waals surface area contributed by atoms with E-state index in [1.54, 1.807) is 0 Å². The number of benzene rings is 5. The minimum absolute atomic E-state index is 0.0586. The topological polar surface area (TPSA) is 0 Å². The zero-order chi connectivity index (χ0) is 30.9. The summed E-state index contributed by atoms with van der Waals surface area (Å²) in [4.78, 5) is 0. The predicted molar refractivity (Wildman–Crippen MR) is 192 cm³/mol. The molecule has 0 spiro atoms. The second kappa shape index (κ2) is 11.9. The monoisotopic (exact) mass is 572 g/mol. The van der Waals surface area contributed by atoms with Crippen molar-refractivity contribution < 1.29 is 0 Å². The van der Waals surface area contributed by atoms with E-state index >= 15 is 0 Å². The number of aryl methyl sites for hydroxylation is 1. The van der Waals surface area contributed by atoms with Gasteiger partial charge in [-0.1, -0.05) is 175 Å². The molecule has 0 heterocycles. The van der Waals surface area contributed by atoms with Crippen molar-refractivity contribution in [1.82, 2.24) is 0 Å². The molecule has 0 heteroatoms. The first-order valence-corrected chi connectivity index (χ1v) is 16.2. The lowest BCUT2D eigenvalue weighted by molar-refractivity contribution is 0.660. The molecule has 0 fully saturated rings. The number of hydrogen-bond acceptors (Lipinski definition) is 0. The van der Waals surface area contributed by atoms with Gasteiger partial charge in [0.1, 0.15) is 0 Å². The molecule has 0 aliphatic heterocycles. The summed E-state index contributed by atoms with van der Waals surface area (Å²) in [5.41, 5.74) is 16.8. The minimum Gasteiger partial charge on any atom is -0.0842 e. The van der Waals surface area contributed by atoms with Gasteiger partial charge in [-0.05, 0) is 79.6 Å². The van der Waals surface area contributed by atoms with Crippen LogP contribution in [0.2, 0.25) is 0 Å². The van der Waals surface area contributed by atoms with E-state index in [2.05, 4.69) is 175 Å². The van der Waals surface area contributed by atoms with Crippen molar-refractivity contribution in [2.45, 2.75) is 65.2 Å². The van der Waals surface area contributed by atoms with Gasteiger partial charge in [-0.3, -0.25) is 0 Å². The molecule has 2 aliphatic rings. The van der Waals surface area contributed by atoms with Crippen LogP contribution in [0.1, 0.15) is 92.5 Å². The summed E-state index contributed by atoms with van der Waals surface area (Å²) >= 11 is 0. The molecule has 5 aromatic carbocycles. The summed E-state index contributed by atoms with van der Waals surface area (Å²) in [6.45, 7) is 13.7. The van der Waals surface area contributed by atoms with Gasteiger partial charge in [0, 0.05) is 10.8 Å². The Morgan fingerprint density at radius 1 is 0.455 bits per heavy atom. The van der Waals surface area contributed by atoms with Crippen molar-refractivity contribution in [3.05, 3.63) is 160 Å². The number of hydrogen-bond donors (Lipinski definition) is 0. The Bertz CT molecular complexity index is 1860. The Labute approximate surface area is 264 Å². The summed E-state index contributed by atoms with van der Waals surface area (Å²) in [5, 5.41) is 0. The summed E-state index contributed by atoms with van der Waals surface area (Å²) in [6.07, 6.45) is 11.0. The van der Waals surface area contributed by atoms with E-state index in [9.17, 15) is 0 Å². The SMILES string of the molecule is CC/C=C/c1ccc(/C=C/c2ccc3c(c2)C(C)(C)c2ccccc2-3)cc1.CCc1ccc2c(c1)-c1ccccc1C2(C)C. The van der Waals surface area contributed by atoms with Gasteiger partial charge in [0.15, 0.2) is 0 Å². The van der Waals surface area contributed by atoms with E-state index in [1.165, 1.54) is 66.8 Å². The van der Waals surface area contributed by atoms with Crippen LogP contribution in [0, 0.1) is 0 Å². The first-order valence-electron chi connectivity index (χ1n) is 16.2. The maximum Gasteiger partial charge on any atom is 0.0159 e. The molecule has 2 aliphatic carbocycles. The lowest BCUT2D eigenvalue weighted by Crippen LogP contribution is -2.14. The molecule has 0 N–H and O–H groups in total. The molecular formula is C44H44. The van der Waals surface area contributed by atoms with Crippen LogP contribution in [0.25, 0.3) is 40.5 Å². The lowest BCUT2D eigenvalue weighted by Gasteiger charge is -2.21. The number of rotatable bonds is 5. The predicted octanol–water partition coefficient (Wildman–Crippen LogP) is 12.1. The lowest BCUT2D eigenvalue weighted by atomic mass is 9.82. The summed E-state index contributed by atoms with van der Waals surface area (Å²) in [7, 11) is 0. The van der Waals surface area contributed by atoms with Crippen molar-refractivity contribution in [3.8, 4) is 22.3 Å². The molecule has 0 unspecified atom stereocenters. The molecule has 0 nitrogen and oxygen atoms in total. The van der Waals surface area contributed by atoms with E-state index in [-0.39, 0.29) is 10.8 Å². The van der Waals surface area contributed by atoms with E-state index in [1.807, 2.05) is 0 Å². The van der Waals surface area contributed by atoms with Crippen LogP contribution >= 0.6 is 0 Å². The van der Waals surface area contributed by atoms with Gasteiger partial charge < -0.3 is 0 Å². The molecule has 0 atom stereocenters. The smallest absolute Gasteiger partial charge is 0.0159 e. The zero-order valence-electron chi connectivity index (χ0n) is 27.1. The molecule has 220 valence electrons. The van der Waals surface area contributed by atoms with Crippen LogP contribution < -0.4 is 0 Å². The number of fused-ring (bicyclic) bond motifs is 6. The third-order valence-corrected chi connectivity index (χ3v) is 9.61. The Balaban J connectivity index is 0.000000173. The van der Waals surface area contributed by atoms with Crippen LogP contribution in [0.5, 0.6) is 0 Å². The number of allylic oxidation sites excluding steroid dienone is 1. The second-order valence-corrected chi connectivity index (χ2v) is 13.2. The van der Waals surface area contributed by atoms with Gasteiger partial charge in [0.25, 0.3) is 0 Å². The Hall–Kier alpha value is -4.42. The highest BCUT2D eigenvalue weighted by Gasteiger charge is 2.35. The van der Waals surface area contributed by atoms with Crippen LogP contribution in [0.3, 0.4) is 0 Å². The van der Waals surface area contributed by atoms with E-state index in [0.717, 1.165) is 12.8 Å². The molecule has 0 radical (unpaired) electrons. The molecule has 0 amide bonds. The van der Waals surface area contributed by atoms with Crippen LogP contribution in [-0.4, -0.2) is 0 Å². The molecule has 0 saturated heterocycles. The van der Waals surface area contributed by atoms with Crippen molar-refractivity contribution in [2.75, 3.05) is 0 Å². The van der Waals surface area contributed by atoms with Gasteiger partial charge >= 0.3 is 0 Å². The summed E-state index contributed by atoms with van der Waals surface area (Å²) < 4.78 is 0. The normalized spacial score (nSPS) is 15.0. The van der Waals surface area contributed by atoms with Crippen LogP contribution in [0.15, 0.2) is 115 Å². The minimum atomic E-state index is 0.0586. The van der Waals surface area contributed by atoms with Crippen molar-refractivity contribution >= 4 is 18.2 Å². The molecule has 0 bridgehead atoms. The maximum atomic E-state index is 2.36. The Morgan fingerprint density at radius 3 is 1.59 bits per heavy atom. The highest BCUT2D eigenvalue weighted by atomic mass is 14.4. The third kappa shape index (κ3) is 5.39. The molecular weight excluding hydrogens is 528 g/mol. The van der Waals surface area contributed by atoms with Gasteiger partial charge in [-0.25, -0.2) is 0 Å². The fourth-order valence-electron chi connectivity index (χ4n) is 6.98. The van der Waals surface area contributed by atoms with Gasteiger partial charge in [0.05, 0.1) is 0 Å². The quantitative estimate of drug-likeness (QED) is 0.184. The van der Waals surface area contributed by atoms with E-state index in [0.29, 0.717) is 0 Å². The Morgan fingerprint density at radius 2 is 0.955 bits per heavy atom.